The summed E-state index contributed by atoms with van der Waals surface area (Å²) in [5.41, 5.74) is 0.894. The fourth-order valence-corrected chi connectivity index (χ4v) is 3.27. The molecule has 1 aromatic rings. The molecule has 3 nitrogen and oxygen atoms in total. The van der Waals surface area contributed by atoms with Crippen molar-refractivity contribution in [3.8, 4) is 0 Å². The molecule has 4 heteroatoms. The Morgan fingerprint density at radius 2 is 2.06 bits per heavy atom. The van der Waals surface area contributed by atoms with Gasteiger partial charge in [-0.1, -0.05) is 28.1 Å². The van der Waals surface area contributed by atoms with Crippen LogP contribution in [0.25, 0.3) is 0 Å². The van der Waals surface area contributed by atoms with Gasteiger partial charge in [0, 0.05) is 4.47 Å². The second kappa shape index (κ2) is 4.10. The van der Waals surface area contributed by atoms with Crippen LogP contribution in [0.15, 0.2) is 28.7 Å². The Kier molecular flexibility index (Phi) is 2.71. The number of benzene rings is 1. The van der Waals surface area contributed by atoms with Gasteiger partial charge in [0.05, 0.1) is 5.66 Å². The van der Waals surface area contributed by atoms with Crippen LogP contribution in [-0.4, -0.2) is 11.6 Å². The normalized spacial score (nSPS) is 26.4. The van der Waals surface area contributed by atoms with Crippen molar-refractivity contribution in [2.24, 2.45) is 0 Å². The molecule has 1 atom stereocenters. The molecule has 0 unspecified atom stereocenters. The molecule has 90 valence electrons. The van der Waals surface area contributed by atoms with E-state index in [0.29, 0.717) is 0 Å². The van der Waals surface area contributed by atoms with Gasteiger partial charge in [0.1, 0.15) is 6.04 Å². The molecule has 1 saturated carbocycles. The summed E-state index contributed by atoms with van der Waals surface area (Å²) in [6, 6.07) is 7.74. The first kappa shape index (κ1) is 11.2. The Hall–Kier alpha value is -0.870. The summed E-state index contributed by atoms with van der Waals surface area (Å²) in [5, 5.41) is 6.61. The number of carbonyl (C=O) groups is 1. The summed E-state index contributed by atoms with van der Waals surface area (Å²) in [7, 11) is 0. The average Bonchev–Trinajstić information content (AvgIpc) is 2.87. The van der Waals surface area contributed by atoms with Crippen molar-refractivity contribution in [2.45, 2.75) is 37.4 Å². The second-order valence-electron chi connectivity index (χ2n) is 4.91. The maximum absolute atomic E-state index is 12.1. The minimum absolute atomic E-state index is 0.102. The minimum Gasteiger partial charge on any atom is -0.336 e. The number of halogens is 1. The number of carbonyl (C=O) groups excluding carboxylic acids is 1. The highest BCUT2D eigenvalue weighted by Crippen LogP contribution is 2.35. The molecule has 1 spiro atoms. The summed E-state index contributed by atoms with van der Waals surface area (Å²) in [4.78, 5) is 12.1. The lowest BCUT2D eigenvalue weighted by atomic mass is 10.1. The van der Waals surface area contributed by atoms with E-state index in [1.54, 1.807) is 0 Å². The first-order valence-electron chi connectivity index (χ1n) is 6.04. The molecule has 1 aromatic carbocycles. The van der Waals surface area contributed by atoms with Crippen LogP contribution in [0.4, 0.5) is 0 Å². The fraction of sp³-hybridized carbons (Fsp3) is 0.462. The smallest absolute Gasteiger partial charge is 0.243 e. The fourth-order valence-electron chi connectivity index (χ4n) is 2.85. The van der Waals surface area contributed by atoms with E-state index in [4.69, 9.17) is 0 Å². The van der Waals surface area contributed by atoms with Gasteiger partial charge in [-0.3, -0.25) is 10.1 Å². The molecule has 1 saturated heterocycles. The van der Waals surface area contributed by atoms with Crippen LogP contribution >= 0.6 is 15.9 Å². The topological polar surface area (TPSA) is 41.1 Å². The van der Waals surface area contributed by atoms with Crippen molar-refractivity contribution in [2.75, 3.05) is 0 Å². The molecule has 3 rings (SSSR count). The molecular formula is C13H15BrN2O. The molecular weight excluding hydrogens is 280 g/mol. The molecule has 0 aromatic heterocycles. The standard InChI is InChI=1S/C13H15BrN2O/c14-10-5-3-4-9(8-10)11-12(17)16-13(15-11)6-1-2-7-13/h3-5,8,11,15H,1-2,6-7H2,(H,16,17)/t11-/m1/s1. The Labute approximate surface area is 109 Å². The van der Waals surface area contributed by atoms with Crippen molar-refractivity contribution in [3.05, 3.63) is 34.3 Å². The first-order chi connectivity index (χ1) is 8.19. The summed E-state index contributed by atoms with van der Waals surface area (Å²) < 4.78 is 1.01. The van der Waals surface area contributed by atoms with Crippen LogP contribution < -0.4 is 10.6 Å². The van der Waals surface area contributed by atoms with Crippen molar-refractivity contribution in [3.63, 3.8) is 0 Å². The van der Waals surface area contributed by atoms with Crippen molar-refractivity contribution < 1.29 is 4.79 Å². The van der Waals surface area contributed by atoms with Gasteiger partial charge < -0.3 is 5.32 Å². The third-order valence-corrected chi connectivity index (χ3v) is 4.18. The van der Waals surface area contributed by atoms with Gasteiger partial charge in [0.25, 0.3) is 0 Å². The molecule has 1 heterocycles. The van der Waals surface area contributed by atoms with Crippen LogP contribution in [0, 0.1) is 0 Å². The lowest BCUT2D eigenvalue weighted by Gasteiger charge is -2.23. The van der Waals surface area contributed by atoms with E-state index < -0.39 is 0 Å². The van der Waals surface area contributed by atoms with Crippen LogP contribution in [0.1, 0.15) is 37.3 Å². The Morgan fingerprint density at radius 3 is 2.76 bits per heavy atom. The first-order valence-corrected chi connectivity index (χ1v) is 6.83. The molecule has 1 aliphatic carbocycles. The monoisotopic (exact) mass is 294 g/mol. The highest BCUT2D eigenvalue weighted by Gasteiger charge is 2.45. The van der Waals surface area contributed by atoms with E-state index in [0.717, 1.165) is 22.9 Å². The van der Waals surface area contributed by atoms with Gasteiger partial charge in [-0.15, -0.1) is 0 Å². The van der Waals surface area contributed by atoms with Crippen molar-refractivity contribution in [1.82, 2.24) is 10.6 Å². The predicted octanol–water partition coefficient (Wildman–Crippen LogP) is 2.48. The Balaban J connectivity index is 1.87. The minimum atomic E-state index is -0.203. The third kappa shape index (κ3) is 2.00. The summed E-state index contributed by atoms with van der Waals surface area (Å²) in [6.07, 6.45) is 4.48. The SMILES string of the molecule is O=C1NC2(CCCC2)N[C@@H]1c1cccc(Br)c1. The predicted molar refractivity (Wildman–Crippen MR) is 69.4 cm³/mol. The molecule has 17 heavy (non-hydrogen) atoms. The number of nitrogens with one attached hydrogen (secondary N) is 2. The maximum atomic E-state index is 12.1. The molecule has 2 fully saturated rings. The van der Waals surface area contributed by atoms with Gasteiger partial charge in [-0.25, -0.2) is 0 Å². The van der Waals surface area contributed by atoms with E-state index in [1.165, 1.54) is 12.8 Å². The van der Waals surface area contributed by atoms with Crippen LogP contribution in [0.2, 0.25) is 0 Å². The van der Waals surface area contributed by atoms with Crippen molar-refractivity contribution >= 4 is 21.8 Å². The van der Waals surface area contributed by atoms with Crippen LogP contribution in [0.3, 0.4) is 0 Å². The van der Waals surface area contributed by atoms with E-state index in [1.807, 2.05) is 24.3 Å². The Morgan fingerprint density at radius 1 is 1.29 bits per heavy atom. The number of hydrogen-bond donors (Lipinski definition) is 2. The van der Waals surface area contributed by atoms with Crippen molar-refractivity contribution in [1.29, 1.82) is 0 Å². The summed E-state index contributed by atoms with van der Waals surface area (Å²) in [6.45, 7) is 0. The average molecular weight is 295 g/mol. The van der Waals surface area contributed by atoms with E-state index >= 15 is 0 Å². The zero-order valence-electron chi connectivity index (χ0n) is 9.50. The highest BCUT2D eigenvalue weighted by atomic mass is 79.9. The molecule has 0 radical (unpaired) electrons. The zero-order valence-corrected chi connectivity index (χ0v) is 11.1. The quantitative estimate of drug-likeness (QED) is 0.835. The van der Waals surface area contributed by atoms with Crippen LogP contribution in [-0.2, 0) is 4.79 Å². The third-order valence-electron chi connectivity index (χ3n) is 3.68. The van der Waals surface area contributed by atoms with Gasteiger partial charge in [-0.2, -0.15) is 0 Å². The van der Waals surface area contributed by atoms with E-state index in [-0.39, 0.29) is 17.6 Å². The van der Waals surface area contributed by atoms with Gasteiger partial charge in [-0.05, 0) is 43.4 Å². The molecule has 0 bridgehead atoms. The zero-order chi connectivity index (χ0) is 11.9. The molecule has 1 amide bonds. The van der Waals surface area contributed by atoms with Gasteiger partial charge >= 0.3 is 0 Å². The van der Waals surface area contributed by atoms with E-state index in [9.17, 15) is 4.79 Å². The lowest BCUT2D eigenvalue weighted by molar-refractivity contribution is -0.121. The number of rotatable bonds is 1. The molecule has 1 aliphatic heterocycles. The summed E-state index contributed by atoms with van der Waals surface area (Å²) in [5.74, 6) is 0.102. The highest BCUT2D eigenvalue weighted by molar-refractivity contribution is 9.10. The second-order valence-corrected chi connectivity index (χ2v) is 5.83. The summed E-state index contributed by atoms with van der Waals surface area (Å²) >= 11 is 3.44. The molecule has 2 aliphatic rings. The maximum Gasteiger partial charge on any atom is 0.243 e. The largest absolute Gasteiger partial charge is 0.336 e. The van der Waals surface area contributed by atoms with Gasteiger partial charge in [0.2, 0.25) is 5.91 Å². The lowest BCUT2D eigenvalue weighted by Crippen LogP contribution is -2.46. The van der Waals surface area contributed by atoms with Crippen LogP contribution in [0.5, 0.6) is 0 Å². The number of amides is 1. The van der Waals surface area contributed by atoms with E-state index in [2.05, 4.69) is 26.6 Å². The van der Waals surface area contributed by atoms with Gasteiger partial charge in [0.15, 0.2) is 0 Å². The molecule has 2 N–H and O–H groups in total. The Bertz CT molecular complexity index is 454. The number of hydrogen-bond acceptors (Lipinski definition) is 2.